The summed E-state index contributed by atoms with van der Waals surface area (Å²) in [6, 6.07) is 10.9. The van der Waals surface area contributed by atoms with Crippen molar-refractivity contribution in [3.63, 3.8) is 0 Å². The lowest BCUT2D eigenvalue weighted by Gasteiger charge is -2.16. The Kier molecular flexibility index (Phi) is 4.32. The van der Waals surface area contributed by atoms with Gasteiger partial charge < -0.3 is 11.1 Å². The van der Waals surface area contributed by atoms with E-state index in [1.807, 2.05) is 0 Å². The smallest absolute Gasteiger partial charge is 0.255 e. The lowest BCUT2D eigenvalue weighted by Crippen LogP contribution is -2.37. The minimum Gasteiger partial charge on any atom is -0.368 e. The first kappa shape index (κ1) is 14.0. The number of hydrogen-bond acceptors (Lipinski definition) is 3. The van der Waals surface area contributed by atoms with Gasteiger partial charge in [0.05, 0.1) is 5.56 Å². The molecule has 1 unspecified atom stereocenters. The Morgan fingerprint density at radius 1 is 1.15 bits per heavy atom. The lowest BCUT2D eigenvalue weighted by molar-refractivity contribution is -0.120. The van der Waals surface area contributed by atoms with Gasteiger partial charge in [0.25, 0.3) is 5.91 Å². The molecule has 0 aliphatic carbocycles. The quantitative estimate of drug-likeness (QED) is 0.840. The molecule has 102 valence electrons. The highest BCUT2D eigenvalue weighted by molar-refractivity contribution is 6.32. The van der Waals surface area contributed by atoms with E-state index in [1.54, 1.807) is 36.4 Å². The zero-order valence-electron chi connectivity index (χ0n) is 10.4. The second-order valence-corrected chi connectivity index (χ2v) is 4.42. The van der Waals surface area contributed by atoms with Crippen molar-refractivity contribution in [1.82, 2.24) is 10.3 Å². The molecule has 1 aromatic carbocycles. The topological polar surface area (TPSA) is 85.1 Å². The molecule has 0 spiro atoms. The Balaban J connectivity index is 2.24. The second-order valence-electron chi connectivity index (χ2n) is 4.06. The third kappa shape index (κ3) is 3.13. The third-order valence-corrected chi connectivity index (χ3v) is 3.00. The van der Waals surface area contributed by atoms with Gasteiger partial charge in [0.1, 0.15) is 11.2 Å². The predicted octanol–water partition coefficient (Wildman–Crippen LogP) is 1.69. The van der Waals surface area contributed by atoms with Gasteiger partial charge in [0.15, 0.2) is 0 Å². The van der Waals surface area contributed by atoms with Crippen LogP contribution in [0.25, 0.3) is 0 Å². The number of primary amides is 1. The van der Waals surface area contributed by atoms with Crippen LogP contribution in [0.15, 0.2) is 48.7 Å². The minimum atomic E-state index is -0.917. The zero-order valence-corrected chi connectivity index (χ0v) is 11.2. The summed E-state index contributed by atoms with van der Waals surface area (Å²) in [4.78, 5) is 27.4. The minimum absolute atomic E-state index is 0.0706. The number of nitrogens with two attached hydrogens (primary N) is 1. The predicted molar refractivity (Wildman–Crippen MR) is 75.1 cm³/mol. The Morgan fingerprint density at radius 3 is 2.45 bits per heavy atom. The van der Waals surface area contributed by atoms with Gasteiger partial charge in [0.2, 0.25) is 5.91 Å². The average molecular weight is 290 g/mol. The highest BCUT2D eigenvalue weighted by atomic mass is 35.5. The molecule has 0 saturated heterocycles. The van der Waals surface area contributed by atoms with Crippen LogP contribution in [0, 0.1) is 0 Å². The van der Waals surface area contributed by atoms with Crippen LogP contribution < -0.4 is 11.1 Å². The van der Waals surface area contributed by atoms with Crippen molar-refractivity contribution in [2.75, 3.05) is 0 Å². The van der Waals surface area contributed by atoms with E-state index in [0.29, 0.717) is 5.56 Å². The maximum absolute atomic E-state index is 12.1. The number of hydrogen-bond donors (Lipinski definition) is 2. The van der Waals surface area contributed by atoms with Crippen molar-refractivity contribution < 1.29 is 9.59 Å². The molecular formula is C14H12ClN3O2. The van der Waals surface area contributed by atoms with Crippen LogP contribution in [-0.4, -0.2) is 16.8 Å². The fraction of sp³-hybridized carbons (Fsp3) is 0.0714. The summed E-state index contributed by atoms with van der Waals surface area (Å²) in [5.41, 5.74) is 6.13. The molecule has 0 radical (unpaired) electrons. The number of nitrogens with zero attached hydrogens (tertiary/aromatic N) is 1. The number of halogens is 1. The standard InChI is InChI=1S/C14H12ClN3O2/c15-12-10(7-4-8-17-12)14(20)18-11(13(16)19)9-5-2-1-3-6-9/h1-8,11H,(H2,16,19)(H,18,20). The van der Waals surface area contributed by atoms with Crippen LogP contribution in [0.5, 0.6) is 0 Å². The van der Waals surface area contributed by atoms with E-state index >= 15 is 0 Å². The van der Waals surface area contributed by atoms with Crippen molar-refractivity contribution in [3.8, 4) is 0 Å². The molecule has 5 nitrogen and oxygen atoms in total. The number of benzene rings is 1. The Hall–Kier alpha value is -2.40. The first-order chi connectivity index (χ1) is 9.59. The molecule has 2 rings (SSSR count). The molecule has 3 N–H and O–H groups in total. The number of carbonyl (C=O) groups excluding carboxylic acids is 2. The molecule has 0 saturated carbocycles. The number of pyridine rings is 1. The van der Waals surface area contributed by atoms with Crippen molar-refractivity contribution in [3.05, 3.63) is 64.9 Å². The summed E-state index contributed by atoms with van der Waals surface area (Å²) < 4.78 is 0. The number of aromatic nitrogens is 1. The van der Waals surface area contributed by atoms with Gasteiger partial charge in [-0.25, -0.2) is 4.98 Å². The summed E-state index contributed by atoms with van der Waals surface area (Å²) >= 11 is 5.84. The fourth-order valence-electron chi connectivity index (χ4n) is 1.73. The van der Waals surface area contributed by atoms with E-state index in [1.165, 1.54) is 12.3 Å². The number of rotatable bonds is 4. The molecule has 2 aromatic rings. The van der Waals surface area contributed by atoms with Crippen LogP contribution in [-0.2, 0) is 4.79 Å². The van der Waals surface area contributed by atoms with E-state index in [-0.39, 0.29) is 10.7 Å². The van der Waals surface area contributed by atoms with E-state index in [0.717, 1.165) is 0 Å². The molecule has 0 bridgehead atoms. The van der Waals surface area contributed by atoms with Crippen molar-refractivity contribution in [2.45, 2.75) is 6.04 Å². The molecule has 0 aliphatic rings. The average Bonchev–Trinajstić information content (AvgIpc) is 2.45. The van der Waals surface area contributed by atoms with E-state index in [9.17, 15) is 9.59 Å². The zero-order chi connectivity index (χ0) is 14.5. The van der Waals surface area contributed by atoms with E-state index in [4.69, 9.17) is 17.3 Å². The second kappa shape index (κ2) is 6.16. The fourth-order valence-corrected chi connectivity index (χ4v) is 1.93. The highest BCUT2D eigenvalue weighted by Gasteiger charge is 2.21. The summed E-state index contributed by atoms with van der Waals surface area (Å²) in [6.45, 7) is 0. The molecule has 1 heterocycles. The molecule has 6 heteroatoms. The largest absolute Gasteiger partial charge is 0.368 e. The van der Waals surface area contributed by atoms with E-state index in [2.05, 4.69) is 10.3 Å². The third-order valence-electron chi connectivity index (χ3n) is 2.70. The van der Waals surface area contributed by atoms with Gasteiger partial charge in [0, 0.05) is 6.20 Å². The highest BCUT2D eigenvalue weighted by Crippen LogP contribution is 2.16. The molecule has 1 aromatic heterocycles. The van der Waals surface area contributed by atoms with Gasteiger partial charge in [-0.15, -0.1) is 0 Å². The maximum atomic E-state index is 12.1. The monoisotopic (exact) mass is 289 g/mol. The normalized spacial score (nSPS) is 11.7. The van der Waals surface area contributed by atoms with Gasteiger partial charge in [-0.2, -0.15) is 0 Å². The molecule has 0 fully saturated rings. The molecule has 0 aliphatic heterocycles. The van der Waals surface area contributed by atoms with Crippen molar-refractivity contribution in [2.24, 2.45) is 5.73 Å². The molecular weight excluding hydrogens is 278 g/mol. The van der Waals surface area contributed by atoms with Crippen molar-refractivity contribution in [1.29, 1.82) is 0 Å². The summed E-state index contributed by atoms with van der Waals surface area (Å²) in [7, 11) is 0. The molecule has 20 heavy (non-hydrogen) atoms. The van der Waals surface area contributed by atoms with Crippen LogP contribution in [0.1, 0.15) is 22.0 Å². The van der Waals surface area contributed by atoms with E-state index < -0.39 is 17.9 Å². The lowest BCUT2D eigenvalue weighted by atomic mass is 10.1. The number of amides is 2. The van der Waals surface area contributed by atoms with Gasteiger partial charge >= 0.3 is 0 Å². The van der Waals surface area contributed by atoms with Gasteiger partial charge in [-0.1, -0.05) is 41.9 Å². The van der Waals surface area contributed by atoms with Crippen LogP contribution >= 0.6 is 11.6 Å². The van der Waals surface area contributed by atoms with Crippen molar-refractivity contribution >= 4 is 23.4 Å². The van der Waals surface area contributed by atoms with Gasteiger partial charge in [-0.05, 0) is 17.7 Å². The number of carbonyl (C=O) groups is 2. The first-order valence-corrected chi connectivity index (χ1v) is 6.23. The molecule has 1 atom stereocenters. The van der Waals surface area contributed by atoms with Gasteiger partial charge in [-0.3, -0.25) is 9.59 Å². The summed E-state index contributed by atoms with van der Waals surface area (Å²) in [5.74, 6) is -1.15. The SMILES string of the molecule is NC(=O)C(NC(=O)c1cccnc1Cl)c1ccccc1. The van der Waals surface area contributed by atoms with Crippen LogP contribution in [0.4, 0.5) is 0 Å². The first-order valence-electron chi connectivity index (χ1n) is 5.85. The summed E-state index contributed by atoms with van der Waals surface area (Å²) in [5, 5.41) is 2.62. The van der Waals surface area contributed by atoms with Crippen LogP contribution in [0.3, 0.4) is 0 Å². The number of nitrogens with one attached hydrogen (secondary N) is 1. The Morgan fingerprint density at radius 2 is 1.85 bits per heavy atom. The Bertz CT molecular complexity index is 631. The summed E-state index contributed by atoms with van der Waals surface area (Å²) in [6.07, 6.45) is 1.47. The Labute approximate surface area is 120 Å². The maximum Gasteiger partial charge on any atom is 0.255 e. The van der Waals surface area contributed by atoms with Crippen LogP contribution in [0.2, 0.25) is 5.15 Å². The molecule has 2 amide bonds.